The number of benzene rings is 2. The minimum Gasteiger partial charge on any atom is -0.224 e. The van der Waals surface area contributed by atoms with Gasteiger partial charge in [0.1, 0.15) is 17.3 Å². The molecule has 0 atom stereocenters. The Bertz CT molecular complexity index is 1280. The molecule has 28 heavy (non-hydrogen) atoms. The molecule has 2 aromatic heterocycles. The first-order valence-corrected chi connectivity index (χ1v) is 10.9. The van der Waals surface area contributed by atoms with E-state index in [-0.39, 0.29) is 11.0 Å². The summed E-state index contributed by atoms with van der Waals surface area (Å²) < 4.78 is 5.34. The topological polar surface area (TPSA) is 8.29 Å². The minimum absolute atomic E-state index is 0.143. The van der Waals surface area contributed by atoms with Gasteiger partial charge in [-0.15, -0.1) is 0 Å². The van der Waals surface area contributed by atoms with Gasteiger partial charge in [-0.1, -0.05) is 64.1 Å². The fraction of sp³-hybridized carbons (Fsp3) is 0.423. The van der Waals surface area contributed by atoms with Gasteiger partial charge in [0.2, 0.25) is 0 Å². The van der Waals surface area contributed by atoms with Gasteiger partial charge in [-0.2, -0.15) is 4.40 Å². The third kappa shape index (κ3) is 1.78. The maximum absolute atomic E-state index is 2.70. The molecule has 0 radical (unpaired) electrons. The molecule has 2 nitrogen and oxygen atoms in total. The normalized spacial score (nSPS) is 19.1. The van der Waals surface area contributed by atoms with Crippen LogP contribution in [0.5, 0.6) is 0 Å². The van der Waals surface area contributed by atoms with Crippen molar-refractivity contribution in [2.45, 2.75) is 70.8 Å². The lowest BCUT2D eigenvalue weighted by Gasteiger charge is -2.28. The third-order valence-corrected chi connectivity index (χ3v) is 7.95. The van der Waals surface area contributed by atoms with E-state index >= 15 is 0 Å². The summed E-state index contributed by atoms with van der Waals surface area (Å²) >= 11 is 0. The number of hydrogen-bond acceptors (Lipinski definition) is 0. The van der Waals surface area contributed by atoms with Gasteiger partial charge >= 0.3 is 0 Å². The summed E-state index contributed by atoms with van der Waals surface area (Å²) in [5.74, 6) is 0. The van der Waals surface area contributed by atoms with Crippen molar-refractivity contribution < 1.29 is 4.57 Å². The molecule has 0 unspecified atom stereocenters. The molecule has 0 saturated carbocycles. The number of pyridine rings is 1. The summed E-state index contributed by atoms with van der Waals surface area (Å²) in [7, 11) is 0. The molecule has 4 aromatic rings. The van der Waals surface area contributed by atoms with Crippen molar-refractivity contribution in [2.75, 3.05) is 0 Å². The van der Waals surface area contributed by atoms with Gasteiger partial charge in [-0.05, 0) is 37.7 Å². The monoisotopic (exact) mass is 369 g/mol. The van der Waals surface area contributed by atoms with Crippen molar-refractivity contribution in [3.8, 4) is 0 Å². The average molecular weight is 370 g/mol. The first-order chi connectivity index (χ1) is 13.5. The maximum Gasteiger partial charge on any atom is 0.295 e. The van der Waals surface area contributed by atoms with Gasteiger partial charge in [-0.3, -0.25) is 0 Å². The van der Waals surface area contributed by atoms with Crippen LogP contribution in [0.3, 0.4) is 0 Å². The Labute approximate surface area is 166 Å². The molecule has 0 aliphatic carbocycles. The number of nitrogens with zero attached hydrogens (tertiary/aromatic N) is 2. The van der Waals surface area contributed by atoms with Crippen LogP contribution in [-0.4, -0.2) is 4.40 Å². The first kappa shape index (κ1) is 16.6. The second-order valence-electron chi connectivity index (χ2n) is 9.69. The van der Waals surface area contributed by atoms with E-state index in [2.05, 4.69) is 79.3 Å². The van der Waals surface area contributed by atoms with Crippen LogP contribution in [0.4, 0.5) is 0 Å². The average Bonchev–Trinajstić information content (AvgIpc) is 3.05. The predicted molar refractivity (Wildman–Crippen MR) is 116 cm³/mol. The van der Waals surface area contributed by atoms with Crippen LogP contribution in [0.15, 0.2) is 42.6 Å². The molecule has 2 aliphatic heterocycles. The number of para-hydroxylation sites is 1. The first-order valence-electron chi connectivity index (χ1n) is 10.9. The minimum atomic E-state index is 0.143. The van der Waals surface area contributed by atoms with Crippen molar-refractivity contribution in [3.05, 3.63) is 59.4 Å². The van der Waals surface area contributed by atoms with Crippen LogP contribution in [0, 0.1) is 0 Å². The van der Waals surface area contributed by atoms with Crippen LogP contribution >= 0.6 is 0 Å². The zero-order chi connectivity index (χ0) is 19.3. The van der Waals surface area contributed by atoms with E-state index in [0.29, 0.717) is 0 Å². The van der Waals surface area contributed by atoms with Crippen molar-refractivity contribution in [3.63, 3.8) is 0 Å². The number of aromatic nitrogens is 2. The predicted octanol–water partition coefficient (Wildman–Crippen LogP) is 5.83. The highest BCUT2D eigenvalue weighted by atomic mass is 15.2. The zero-order valence-corrected chi connectivity index (χ0v) is 17.5. The summed E-state index contributed by atoms with van der Waals surface area (Å²) in [6, 6.07) is 13.9. The number of hydrogen-bond donors (Lipinski definition) is 0. The van der Waals surface area contributed by atoms with Gasteiger partial charge in [0.25, 0.3) is 5.65 Å². The molecular formula is C26H29N2+. The molecule has 4 heterocycles. The van der Waals surface area contributed by atoms with Gasteiger partial charge < -0.3 is 0 Å². The van der Waals surface area contributed by atoms with Crippen LogP contribution in [0.1, 0.15) is 63.8 Å². The molecule has 0 N–H and O–H groups in total. The number of imidazole rings is 1. The van der Waals surface area contributed by atoms with Crippen molar-refractivity contribution in [1.82, 2.24) is 4.40 Å². The molecule has 0 bridgehead atoms. The van der Waals surface area contributed by atoms with Crippen molar-refractivity contribution in [2.24, 2.45) is 0 Å². The maximum atomic E-state index is 2.70. The van der Waals surface area contributed by atoms with E-state index in [4.69, 9.17) is 0 Å². The summed E-state index contributed by atoms with van der Waals surface area (Å²) in [6.07, 6.45) is 8.40. The molecular weight excluding hydrogens is 340 g/mol. The van der Waals surface area contributed by atoms with E-state index in [1.165, 1.54) is 69.8 Å². The summed E-state index contributed by atoms with van der Waals surface area (Å²) in [4.78, 5) is 0. The molecule has 2 aliphatic rings. The Balaban J connectivity index is 1.98. The lowest BCUT2D eigenvalue weighted by molar-refractivity contribution is -0.743. The zero-order valence-electron chi connectivity index (χ0n) is 17.5. The Hall–Kier alpha value is -2.35. The number of rotatable bonds is 2. The molecule has 0 fully saturated rings. The highest BCUT2D eigenvalue weighted by molar-refractivity contribution is 6.13. The summed E-state index contributed by atoms with van der Waals surface area (Å²) in [5.41, 5.74) is 7.73. The lowest BCUT2D eigenvalue weighted by atomic mass is 9.79. The third-order valence-electron chi connectivity index (χ3n) is 7.95. The van der Waals surface area contributed by atoms with Gasteiger partial charge in [0, 0.05) is 21.8 Å². The molecule has 0 amide bonds. The lowest BCUT2D eigenvalue weighted by Crippen LogP contribution is -2.55. The highest BCUT2D eigenvalue weighted by Gasteiger charge is 2.45. The quantitative estimate of drug-likeness (QED) is 0.310. The Kier molecular flexibility index (Phi) is 3.06. The largest absolute Gasteiger partial charge is 0.295 e. The van der Waals surface area contributed by atoms with E-state index in [1.54, 1.807) is 0 Å². The molecule has 6 rings (SSSR count). The summed E-state index contributed by atoms with van der Waals surface area (Å²) in [6.45, 7) is 9.60. The molecule has 0 saturated heterocycles. The van der Waals surface area contributed by atoms with Crippen LogP contribution < -0.4 is 4.57 Å². The molecule has 0 spiro atoms. The van der Waals surface area contributed by atoms with Crippen LogP contribution in [0.2, 0.25) is 0 Å². The van der Waals surface area contributed by atoms with E-state index < -0.39 is 0 Å². The number of fused-ring (bicyclic) bond motifs is 1. The van der Waals surface area contributed by atoms with Gasteiger partial charge in [0.05, 0.1) is 5.39 Å². The van der Waals surface area contributed by atoms with E-state index in [0.717, 1.165) is 6.42 Å². The second kappa shape index (κ2) is 5.17. The van der Waals surface area contributed by atoms with Crippen molar-refractivity contribution >= 4 is 27.3 Å². The molecule has 2 aromatic carbocycles. The van der Waals surface area contributed by atoms with E-state index in [9.17, 15) is 0 Å². The molecule has 142 valence electrons. The Morgan fingerprint density at radius 1 is 0.964 bits per heavy atom. The highest BCUT2D eigenvalue weighted by Crippen LogP contribution is 2.44. The Morgan fingerprint density at radius 3 is 2.43 bits per heavy atom. The second-order valence-corrected chi connectivity index (χ2v) is 9.69. The summed E-state index contributed by atoms with van der Waals surface area (Å²) in [5, 5.41) is 4.34. The smallest absolute Gasteiger partial charge is 0.224 e. The van der Waals surface area contributed by atoms with Crippen LogP contribution in [0.25, 0.3) is 27.3 Å². The van der Waals surface area contributed by atoms with Crippen LogP contribution in [-0.2, 0) is 23.8 Å². The number of aryl methyl sites for hydroxylation is 1. The SMILES string of the molecule is CCC1(CC)CCc2cccc3c4cccc5c4n4c(c[n+]1c4c23)C(C)(C)C5. The van der Waals surface area contributed by atoms with Crippen molar-refractivity contribution in [1.29, 1.82) is 0 Å². The van der Waals surface area contributed by atoms with E-state index in [1.807, 2.05) is 0 Å². The van der Waals surface area contributed by atoms with Gasteiger partial charge in [-0.25, -0.2) is 4.57 Å². The fourth-order valence-corrected chi connectivity index (χ4v) is 6.27. The standard InChI is InChI=1S/C26H29N2/c1-5-26(6-2)14-13-17-9-7-11-19-20-12-8-10-18-15-25(3,4)21-16-27(26)24(22(17)19)28(21)23(18)20/h7-12,16H,5-6,13-15H2,1-4H3/q+1. The fourth-order valence-electron chi connectivity index (χ4n) is 6.27. The molecule has 2 heteroatoms. The van der Waals surface area contributed by atoms with Gasteiger partial charge in [0.15, 0.2) is 5.69 Å². The Morgan fingerprint density at radius 2 is 1.68 bits per heavy atom.